The molecule has 0 bridgehead atoms. The smallest absolute Gasteiger partial charge is 0.342 e. The van der Waals surface area contributed by atoms with Gasteiger partial charge < -0.3 is 14.6 Å². The van der Waals surface area contributed by atoms with Crippen molar-refractivity contribution >= 4 is 11.9 Å². The van der Waals surface area contributed by atoms with Crippen LogP contribution in [0.2, 0.25) is 0 Å². The normalized spacial score (nSPS) is 19.5. The third-order valence-electron chi connectivity index (χ3n) is 3.77. The predicted octanol–water partition coefficient (Wildman–Crippen LogP) is 2.77. The van der Waals surface area contributed by atoms with Crippen molar-refractivity contribution in [3.8, 4) is 5.75 Å². The van der Waals surface area contributed by atoms with Gasteiger partial charge in [-0.15, -0.1) is 0 Å². The van der Waals surface area contributed by atoms with Crippen LogP contribution in [-0.2, 0) is 19.8 Å². The molecule has 5 nitrogen and oxygen atoms in total. The lowest BCUT2D eigenvalue weighted by Crippen LogP contribution is -2.37. The molecule has 0 radical (unpaired) electrons. The first-order chi connectivity index (χ1) is 11.6. The third-order valence-corrected chi connectivity index (χ3v) is 3.77. The number of rotatable bonds is 4. The number of aromatic hydroxyl groups is 1. The lowest BCUT2D eigenvalue weighted by molar-refractivity contribution is -0.150. The van der Waals surface area contributed by atoms with E-state index in [-0.39, 0.29) is 24.7 Å². The van der Waals surface area contributed by atoms with Crippen LogP contribution in [0, 0.1) is 5.82 Å². The standard InChI is InChI=1S/C18H16FNO4/c1-2-23-17(22)18(13-8-9-15(21)14(19)10-13)11-24-16(20-18)12-6-4-3-5-7-12/h3-10,21H,2,11H2,1H3. The van der Waals surface area contributed by atoms with Crippen LogP contribution in [0.5, 0.6) is 5.75 Å². The maximum Gasteiger partial charge on any atom is 0.342 e. The molecular weight excluding hydrogens is 313 g/mol. The van der Waals surface area contributed by atoms with E-state index in [1.807, 2.05) is 18.2 Å². The summed E-state index contributed by atoms with van der Waals surface area (Å²) in [5.41, 5.74) is -0.513. The lowest BCUT2D eigenvalue weighted by atomic mass is 9.91. The van der Waals surface area contributed by atoms with Gasteiger partial charge in [0.15, 0.2) is 11.6 Å². The molecule has 1 atom stereocenters. The number of esters is 1. The maximum absolute atomic E-state index is 13.8. The number of aliphatic imine (C=N–C) groups is 1. The minimum absolute atomic E-state index is 0.0969. The molecule has 2 aromatic rings. The van der Waals surface area contributed by atoms with Crippen molar-refractivity contribution in [2.24, 2.45) is 4.99 Å². The van der Waals surface area contributed by atoms with Crippen molar-refractivity contribution in [1.29, 1.82) is 0 Å². The highest BCUT2D eigenvalue weighted by atomic mass is 19.1. The van der Waals surface area contributed by atoms with Gasteiger partial charge in [-0.1, -0.05) is 24.3 Å². The number of nitrogens with zero attached hydrogens (tertiary/aromatic N) is 1. The zero-order chi connectivity index (χ0) is 17.2. The maximum atomic E-state index is 13.8. The molecule has 24 heavy (non-hydrogen) atoms. The van der Waals surface area contributed by atoms with E-state index in [1.165, 1.54) is 12.1 Å². The number of carbonyl (C=O) groups is 1. The van der Waals surface area contributed by atoms with Gasteiger partial charge in [0.05, 0.1) is 6.61 Å². The van der Waals surface area contributed by atoms with Gasteiger partial charge in [0.2, 0.25) is 11.4 Å². The molecule has 0 amide bonds. The van der Waals surface area contributed by atoms with E-state index in [1.54, 1.807) is 19.1 Å². The summed E-state index contributed by atoms with van der Waals surface area (Å²) < 4.78 is 24.5. The van der Waals surface area contributed by atoms with Crippen LogP contribution >= 0.6 is 0 Å². The number of hydrogen-bond acceptors (Lipinski definition) is 5. The molecule has 0 aromatic heterocycles. The molecule has 1 aliphatic heterocycles. The second kappa shape index (κ2) is 6.31. The average molecular weight is 329 g/mol. The van der Waals surface area contributed by atoms with Crippen molar-refractivity contribution in [2.45, 2.75) is 12.5 Å². The Labute approximate surface area is 138 Å². The number of ether oxygens (including phenoxy) is 2. The fourth-order valence-corrected chi connectivity index (χ4v) is 2.52. The van der Waals surface area contributed by atoms with Crippen molar-refractivity contribution in [1.82, 2.24) is 0 Å². The molecule has 0 aliphatic carbocycles. The van der Waals surface area contributed by atoms with Crippen LogP contribution in [0.15, 0.2) is 53.5 Å². The average Bonchev–Trinajstić information content (AvgIpc) is 3.05. The zero-order valence-corrected chi connectivity index (χ0v) is 13.0. The number of benzene rings is 2. The van der Waals surface area contributed by atoms with Gasteiger partial charge in [-0.25, -0.2) is 14.2 Å². The van der Waals surface area contributed by atoms with Crippen LogP contribution < -0.4 is 0 Å². The molecule has 1 unspecified atom stereocenters. The van der Waals surface area contributed by atoms with E-state index in [2.05, 4.69) is 4.99 Å². The van der Waals surface area contributed by atoms with Crippen LogP contribution in [0.3, 0.4) is 0 Å². The Bertz CT molecular complexity index is 791. The molecule has 0 fully saturated rings. The van der Waals surface area contributed by atoms with Gasteiger partial charge in [-0.3, -0.25) is 0 Å². The lowest BCUT2D eigenvalue weighted by Gasteiger charge is -2.22. The third kappa shape index (κ3) is 2.71. The van der Waals surface area contributed by atoms with Crippen molar-refractivity contribution in [3.63, 3.8) is 0 Å². The summed E-state index contributed by atoms with van der Waals surface area (Å²) in [5, 5.41) is 9.38. The summed E-state index contributed by atoms with van der Waals surface area (Å²) in [6.07, 6.45) is 0. The van der Waals surface area contributed by atoms with Gasteiger partial charge in [0.25, 0.3) is 0 Å². The molecular formula is C18H16FNO4. The molecule has 1 aliphatic rings. The minimum atomic E-state index is -1.49. The molecule has 0 saturated carbocycles. The van der Waals surface area contributed by atoms with Crippen LogP contribution in [0.25, 0.3) is 0 Å². The van der Waals surface area contributed by atoms with Crippen LogP contribution in [0.4, 0.5) is 4.39 Å². The summed E-state index contributed by atoms with van der Waals surface area (Å²) in [4.78, 5) is 17.0. The molecule has 1 heterocycles. The molecule has 3 rings (SSSR count). The number of hydrogen-bond donors (Lipinski definition) is 1. The minimum Gasteiger partial charge on any atom is -0.505 e. The van der Waals surface area contributed by atoms with Gasteiger partial charge in [-0.2, -0.15) is 0 Å². The number of carbonyl (C=O) groups excluding carboxylic acids is 1. The second-order valence-electron chi connectivity index (χ2n) is 5.32. The summed E-state index contributed by atoms with van der Waals surface area (Å²) in [5.74, 6) is -1.67. The van der Waals surface area contributed by atoms with Crippen molar-refractivity contribution in [2.75, 3.05) is 13.2 Å². The summed E-state index contributed by atoms with van der Waals surface area (Å²) >= 11 is 0. The summed E-state index contributed by atoms with van der Waals surface area (Å²) in [6, 6.07) is 12.8. The Kier molecular flexibility index (Phi) is 4.20. The number of phenolic OH excluding ortho intramolecular Hbond substituents is 1. The topological polar surface area (TPSA) is 68.1 Å². The van der Waals surface area contributed by atoms with E-state index >= 15 is 0 Å². The Hall–Kier alpha value is -2.89. The van der Waals surface area contributed by atoms with Crippen molar-refractivity contribution in [3.05, 3.63) is 65.5 Å². The number of phenols is 1. The highest BCUT2D eigenvalue weighted by Crippen LogP contribution is 2.35. The highest BCUT2D eigenvalue weighted by Gasteiger charge is 2.47. The van der Waals surface area contributed by atoms with Gasteiger partial charge in [-0.05, 0) is 36.8 Å². The van der Waals surface area contributed by atoms with E-state index < -0.39 is 23.1 Å². The highest BCUT2D eigenvalue weighted by molar-refractivity contribution is 5.99. The molecule has 124 valence electrons. The van der Waals surface area contributed by atoms with E-state index in [4.69, 9.17) is 9.47 Å². The number of halogens is 1. The first-order valence-electron chi connectivity index (χ1n) is 7.51. The van der Waals surface area contributed by atoms with Gasteiger partial charge >= 0.3 is 5.97 Å². The van der Waals surface area contributed by atoms with Crippen LogP contribution in [0.1, 0.15) is 18.1 Å². The van der Waals surface area contributed by atoms with E-state index in [0.29, 0.717) is 5.56 Å². The predicted molar refractivity (Wildman–Crippen MR) is 85.3 cm³/mol. The Morgan fingerprint density at radius 1 is 1.33 bits per heavy atom. The molecule has 6 heteroatoms. The molecule has 1 N–H and O–H groups in total. The molecule has 0 saturated heterocycles. The van der Waals surface area contributed by atoms with E-state index in [9.17, 15) is 14.3 Å². The quantitative estimate of drug-likeness (QED) is 0.876. The zero-order valence-electron chi connectivity index (χ0n) is 13.0. The van der Waals surface area contributed by atoms with Gasteiger partial charge in [0.1, 0.15) is 6.61 Å². The monoisotopic (exact) mass is 329 g/mol. The molecule has 0 spiro atoms. The fraction of sp³-hybridized carbons (Fsp3) is 0.222. The summed E-state index contributed by atoms with van der Waals surface area (Å²) in [6.45, 7) is 1.75. The molecule has 2 aromatic carbocycles. The SMILES string of the molecule is CCOC(=O)C1(c2ccc(O)c(F)c2)COC(c2ccccc2)=N1. The Balaban J connectivity index is 2.09. The first-order valence-corrected chi connectivity index (χ1v) is 7.51. The largest absolute Gasteiger partial charge is 0.505 e. The van der Waals surface area contributed by atoms with E-state index in [0.717, 1.165) is 6.07 Å². The van der Waals surface area contributed by atoms with Gasteiger partial charge in [0, 0.05) is 5.56 Å². The summed E-state index contributed by atoms with van der Waals surface area (Å²) in [7, 11) is 0. The first kappa shape index (κ1) is 16.0. The Morgan fingerprint density at radius 3 is 2.75 bits per heavy atom. The Morgan fingerprint density at radius 2 is 2.08 bits per heavy atom. The van der Waals surface area contributed by atoms with Crippen molar-refractivity contribution < 1.29 is 23.8 Å². The fourth-order valence-electron chi connectivity index (χ4n) is 2.52. The second-order valence-corrected chi connectivity index (χ2v) is 5.32. The van der Waals surface area contributed by atoms with Crippen LogP contribution in [-0.4, -0.2) is 30.2 Å².